The Morgan fingerprint density at radius 3 is 2.47 bits per heavy atom. The first kappa shape index (κ1) is 11.9. The van der Waals surface area contributed by atoms with Gasteiger partial charge in [0.05, 0.1) is 19.3 Å². The molecule has 0 fully saturated rings. The number of ether oxygens (including phenoxy) is 2. The van der Waals surface area contributed by atoms with Crippen LogP contribution in [0.4, 0.5) is 0 Å². The third-order valence-electron chi connectivity index (χ3n) is 2.26. The van der Waals surface area contributed by atoms with Gasteiger partial charge in [-0.3, -0.25) is 14.5 Å². The lowest BCUT2D eigenvalue weighted by Gasteiger charge is -2.20. The van der Waals surface area contributed by atoms with E-state index in [1.54, 1.807) is 14.0 Å². The van der Waals surface area contributed by atoms with Crippen molar-refractivity contribution in [2.45, 2.75) is 13.0 Å². The first-order valence-electron chi connectivity index (χ1n) is 4.66. The van der Waals surface area contributed by atoms with E-state index in [0.29, 0.717) is 12.2 Å². The summed E-state index contributed by atoms with van der Waals surface area (Å²) in [7, 11) is 3.07. The molecular weight excluding hydrogens is 198 g/mol. The fourth-order valence-corrected chi connectivity index (χ4v) is 1.40. The lowest BCUT2D eigenvalue weighted by atomic mass is 10.3. The summed E-state index contributed by atoms with van der Waals surface area (Å²) in [5.74, 6) is -0.534. The van der Waals surface area contributed by atoms with Gasteiger partial charge in [-0.15, -0.1) is 0 Å². The van der Waals surface area contributed by atoms with Crippen molar-refractivity contribution in [2.75, 3.05) is 27.4 Å². The number of carbonyl (C=O) groups is 2. The van der Waals surface area contributed by atoms with Crippen LogP contribution in [0.1, 0.15) is 6.92 Å². The Morgan fingerprint density at radius 2 is 2.07 bits per heavy atom. The first-order chi connectivity index (χ1) is 7.10. The molecule has 0 aromatic heterocycles. The molecule has 1 unspecified atom stereocenters. The predicted molar refractivity (Wildman–Crippen MR) is 53.2 cm³/mol. The van der Waals surface area contributed by atoms with E-state index in [9.17, 15) is 9.59 Å². The van der Waals surface area contributed by atoms with E-state index in [-0.39, 0.29) is 24.5 Å². The van der Waals surface area contributed by atoms with E-state index in [0.717, 1.165) is 0 Å². The number of nitrogens with zero attached hydrogens (tertiary/aromatic N) is 1. The van der Waals surface area contributed by atoms with Crippen LogP contribution in [0.2, 0.25) is 0 Å². The molecule has 0 aromatic carbocycles. The van der Waals surface area contributed by atoms with Gasteiger partial charge in [0.2, 0.25) is 0 Å². The highest BCUT2D eigenvalue weighted by Gasteiger charge is 2.30. The van der Waals surface area contributed by atoms with E-state index < -0.39 is 0 Å². The van der Waals surface area contributed by atoms with Gasteiger partial charge < -0.3 is 9.47 Å². The highest BCUT2D eigenvalue weighted by molar-refractivity contribution is 6.15. The largest absolute Gasteiger partial charge is 0.382 e. The van der Waals surface area contributed by atoms with Crippen LogP contribution in [0.15, 0.2) is 11.6 Å². The molecule has 5 heteroatoms. The van der Waals surface area contributed by atoms with E-state index in [4.69, 9.17) is 9.47 Å². The monoisotopic (exact) mass is 213 g/mol. The molecule has 0 aliphatic carbocycles. The lowest BCUT2D eigenvalue weighted by molar-refractivity contribution is -0.139. The molecule has 1 aliphatic rings. The van der Waals surface area contributed by atoms with Crippen LogP contribution in [0.25, 0.3) is 0 Å². The van der Waals surface area contributed by atoms with Gasteiger partial charge in [0.1, 0.15) is 0 Å². The van der Waals surface area contributed by atoms with Crippen LogP contribution < -0.4 is 0 Å². The minimum Gasteiger partial charge on any atom is -0.382 e. The van der Waals surface area contributed by atoms with Gasteiger partial charge >= 0.3 is 0 Å². The Bertz CT molecular complexity index is 298. The number of hydrogen-bond acceptors (Lipinski definition) is 4. The summed E-state index contributed by atoms with van der Waals surface area (Å²) in [4.78, 5) is 24.1. The minimum atomic E-state index is -0.282. The van der Waals surface area contributed by atoms with Crippen molar-refractivity contribution < 1.29 is 19.1 Å². The van der Waals surface area contributed by atoms with Gasteiger partial charge in [0.25, 0.3) is 11.8 Å². The fourth-order valence-electron chi connectivity index (χ4n) is 1.40. The summed E-state index contributed by atoms with van der Waals surface area (Å²) in [5, 5.41) is 0. The highest BCUT2D eigenvalue weighted by atomic mass is 16.5. The second-order valence-corrected chi connectivity index (χ2v) is 3.39. The van der Waals surface area contributed by atoms with Crippen molar-refractivity contribution in [1.29, 1.82) is 0 Å². The van der Waals surface area contributed by atoms with Crippen LogP contribution in [-0.4, -0.2) is 50.2 Å². The van der Waals surface area contributed by atoms with Crippen LogP contribution >= 0.6 is 0 Å². The average molecular weight is 213 g/mol. The Kier molecular flexibility index (Phi) is 3.99. The van der Waals surface area contributed by atoms with Gasteiger partial charge in [-0.1, -0.05) is 0 Å². The Balaban J connectivity index is 2.59. The standard InChI is InChI=1S/C10H15NO4/c1-7-4-9(12)11(10(7)13)5-8(15-3)6-14-2/h4,8H,5-6H2,1-3H3. The zero-order chi connectivity index (χ0) is 11.4. The molecule has 0 radical (unpaired) electrons. The molecule has 0 aromatic rings. The number of carbonyl (C=O) groups excluding carboxylic acids is 2. The van der Waals surface area contributed by atoms with Crippen molar-refractivity contribution in [3.63, 3.8) is 0 Å². The van der Waals surface area contributed by atoms with Crippen molar-refractivity contribution in [3.8, 4) is 0 Å². The minimum absolute atomic E-state index is 0.232. The van der Waals surface area contributed by atoms with Gasteiger partial charge in [0, 0.05) is 25.9 Å². The Morgan fingerprint density at radius 1 is 1.40 bits per heavy atom. The number of methoxy groups -OCH3 is 2. The van der Waals surface area contributed by atoms with Crippen molar-refractivity contribution in [1.82, 2.24) is 4.90 Å². The summed E-state index contributed by atoms with van der Waals surface area (Å²) >= 11 is 0. The second kappa shape index (κ2) is 5.04. The number of imide groups is 1. The van der Waals surface area contributed by atoms with Gasteiger partial charge in [0.15, 0.2) is 0 Å². The molecule has 0 saturated heterocycles. The Hall–Kier alpha value is -1.20. The molecule has 5 nitrogen and oxygen atoms in total. The van der Waals surface area contributed by atoms with Crippen molar-refractivity contribution in [2.24, 2.45) is 0 Å². The predicted octanol–water partition coefficient (Wildman–Crippen LogP) is -0.0371. The molecule has 15 heavy (non-hydrogen) atoms. The smallest absolute Gasteiger partial charge is 0.256 e. The molecule has 1 atom stereocenters. The summed E-state index contributed by atoms with van der Waals surface area (Å²) in [5.41, 5.74) is 0.465. The lowest BCUT2D eigenvalue weighted by Crippen LogP contribution is -2.40. The van der Waals surface area contributed by atoms with E-state index in [1.165, 1.54) is 18.1 Å². The van der Waals surface area contributed by atoms with E-state index >= 15 is 0 Å². The van der Waals surface area contributed by atoms with Gasteiger partial charge in [-0.05, 0) is 6.92 Å². The average Bonchev–Trinajstić information content (AvgIpc) is 2.44. The van der Waals surface area contributed by atoms with Gasteiger partial charge in [-0.25, -0.2) is 0 Å². The van der Waals surface area contributed by atoms with E-state index in [1.807, 2.05) is 0 Å². The Labute approximate surface area is 88.6 Å². The zero-order valence-electron chi connectivity index (χ0n) is 9.15. The summed E-state index contributed by atoms with van der Waals surface area (Å²) in [6.07, 6.45) is 1.06. The normalized spacial score (nSPS) is 18.3. The maximum Gasteiger partial charge on any atom is 0.256 e. The van der Waals surface area contributed by atoms with Crippen molar-refractivity contribution >= 4 is 11.8 Å². The van der Waals surface area contributed by atoms with Crippen molar-refractivity contribution in [3.05, 3.63) is 11.6 Å². The molecular formula is C10H15NO4. The molecule has 0 spiro atoms. The molecule has 0 bridgehead atoms. The summed E-state index contributed by atoms with van der Waals surface area (Å²) < 4.78 is 10.0. The third kappa shape index (κ3) is 2.64. The molecule has 2 amide bonds. The van der Waals surface area contributed by atoms with Gasteiger partial charge in [-0.2, -0.15) is 0 Å². The number of hydrogen-bond donors (Lipinski definition) is 0. The number of rotatable bonds is 5. The topological polar surface area (TPSA) is 55.8 Å². The van der Waals surface area contributed by atoms with Crippen LogP contribution in [0, 0.1) is 0 Å². The molecule has 1 aliphatic heterocycles. The fraction of sp³-hybridized carbons (Fsp3) is 0.600. The number of amides is 2. The quantitative estimate of drug-likeness (QED) is 0.601. The second-order valence-electron chi connectivity index (χ2n) is 3.39. The van der Waals surface area contributed by atoms with Crippen LogP contribution in [0.5, 0.6) is 0 Å². The first-order valence-corrected chi connectivity index (χ1v) is 4.66. The summed E-state index contributed by atoms with van der Waals surface area (Å²) in [6.45, 7) is 2.21. The maximum absolute atomic E-state index is 11.5. The van der Waals surface area contributed by atoms with Crippen LogP contribution in [-0.2, 0) is 19.1 Å². The molecule has 84 valence electrons. The van der Waals surface area contributed by atoms with E-state index in [2.05, 4.69) is 0 Å². The SMILES string of the molecule is COCC(CN1C(=O)C=C(C)C1=O)OC. The third-order valence-corrected chi connectivity index (χ3v) is 2.26. The maximum atomic E-state index is 11.5. The molecule has 1 rings (SSSR count). The summed E-state index contributed by atoms with van der Waals surface area (Å²) in [6, 6.07) is 0. The molecule has 1 heterocycles. The molecule has 0 N–H and O–H groups in total. The van der Waals surface area contributed by atoms with Crippen LogP contribution in [0.3, 0.4) is 0 Å². The highest BCUT2D eigenvalue weighted by Crippen LogP contribution is 2.12. The molecule has 0 saturated carbocycles. The zero-order valence-corrected chi connectivity index (χ0v) is 9.15.